The molecule has 1 atom stereocenters. The van der Waals surface area contributed by atoms with Gasteiger partial charge in [0.05, 0.1) is 6.54 Å². The number of ketones is 1. The molecule has 1 heterocycles. The Morgan fingerprint density at radius 3 is 1.92 bits per heavy atom. The second kappa shape index (κ2) is 6.26. The number of nitrogens with zero attached hydrogens (tertiary/aromatic N) is 2. The first-order chi connectivity index (χ1) is 12.6. The SMILES string of the molecule is O=C1C=CC2(C1)C(=O)N(Cc1ccccc1)C(=O)N2Cc1ccccc1. The summed E-state index contributed by atoms with van der Waals surface area (Å²) in [5.74, 6) is -0.463. The minimum atomic E-state index is -1.20. The highest BCUT2D eigenvalue weighted by Crippen LogP contribution is 2.38. The van der Waals surface area contributed by atoms with Crippen LogP contribution in [-0.4, -0.2) is 33.1 Å². The van der Waals surface area contributed by atoms with E-state index >= 15 is 0 Å². The van der Waals surface area contributed by atoms with Crippen molar-refractivity contribution in [3.8, 4) is 0 Å². The third-order valence-electron chi connectivity index (χ3n) is 4.91. The standard InChI is InChI=1S/C21H18N2O3/c24-18-11-12-21(13-18)19(25)22(14-16-7-3-1-4-8-16)20(26)23(21)15-17-9-5-2-6-10-17/h1-12H,13-15H2. The van der Waals surface area contributed by atoms with Crippen LogP contribution in [0.4, 0.5) is 4.79 Å². The minimum absolute atomic E-state index is 0.00962. The Morgan fingerprint density at radius 1 is 0.808 bits per heavy atom. The molecule has 2 aliphatic rings. The second-order valence-electron chi connectivity index (χ2n) is 6.63. The molecule has 1 saturated heterocycles. The van der Waals surface area contributed by atoms with Crippen molar-refractivity contribution >= 4 is 17.7 Å². The van der Waals surface area contributed by atoms with Crippen LogP contribution in [0.3, 0.4) is 0 Å². The Balaban J connectivity index is 1.69. The lowest BCUT2D eigenvalue weighted by Gasteiger charge is -2.29. The molecule has 1 spiro atoms. The molecule has 2 aromatic rings. The molecule has 1 unspecified atom stereocenters. The number of rotatable bonds is 4. The second-order valence-corrected chi connectivity index (χ2v) is 6.63. The van der Waals surface area contributed by atoms with Gasteiger partial charge in [-0.15, -0.1) is 0 Å². The molecule has 5 heteroatoms. The van der Waals surface area contributed by atoms with E-state index in [0.717, 1.165) is 11.1 Å². The number of urea groups is 1. The first kappa shape index (κ1) is 16.3. The van der Waals surface area contributed by atoms with Gasteiger partial charge in [0.2, 0.25) is 0 Å². The Morgan fingerprint density at radius 2 is 1.38 bits per heavy atom. The zero-order chi connectivity index (χ0) is 18.1. The van der Waals surface area contributed by atoms with E-state index in [-0.39, 0.29) is 37.2 Å². The number of hydrogen-bond acceptors (Lipinski definition) is 3. The number of allylic oxidation sites excluding steroid dienone is 1. The fourth-order valence-corrected chi connectivity index (χ4v) is 3.58. The predicted octanol–water partition coefficient (Wildman–Crippen LogP) is 2.92. The maximum Gasteiger partial charge on any atom is 0.328 e. The number of carbonyl (C=O) groups is 3. The summed E-state index contributed by atoms with van der Waals surface area (Å²) in [5.41, 5.74) is 0.597. The van der Waals surface area contributed by atoms with Crippen LogP contribution in [0, 0.1) is 0 Å². The molecular formula is C21H18N2O3. The van der Waals surface area contributed by atoms with Gasteiger partial charge >= 0.3 is 6.03 Å². The van der Waals surface area contributed by atoms with E-state index in [1.54, 1.807) is 6.08 Å². The Labute approximate surface area is 151 Å². The monoisotopic (exact) mass is 346 g/mol. The van der Waals surface area contributed by atoms with Crippen LogP contribution in [0.2, 0.25) is 0 Å². The largest absolute Gasteiger partial charge is 0.328 e. The summed E-state index contributed by atoms with van der Waals surface area (Å²) in [5, 5.41) is 0. The van der Waals surface area contributed by atoms with E-state index in [2.05, 4.69) is 0 Å². The van der Waals surface area contributed by atoms with E-state index < -0.39 is 5.54 Å². The molecular weight excluding hydrogens is 328 g/mol. The van der Waals surface area contributed by atoms with Gasteiger partial charge in [-0.2, -0.15) is 0 Å². The number of benzene rings is 2. The highest BCUT2D eigenvalue weighted by atomic mass is 16.2. The number of carbonyl (C=O) groups excluding carboxylic acids is 3. The Bertz CT molecular complexity index is 892. The zero-order valence-electron chi connectivity index (χ0n) is 14.2. The first-order valence-corrected chi connectivity index (χ1v) is 8.54. The Kier molecular flexibility index (Phi) is 3.92. The van der Waals surface area contributed by atoms with Gasteiger partial charge in [-0.05, 0) is 23.3 Å². The number of imide groups is 1. The van der Waals surface area contributed by atoms with Crippen molar-refractivity contribution in [3.63, 3.8) is 0 Å². The van der Waals surface area contributed by atoms with Crippen LogP contribution in [0.1, 0.15) is 17.5 Å². The maximum absolute atomic E-state index is 13.2. The van der Waals surface area contributed by atoms with Crippen molar-refractivity contribution in [1.29, 1.82) is 0 Å². The lowest BCUT2D eigenvalue weighted by molar-refractivity contribution is -0.133. The molecule has 0 bridgehead atoms. The highest BCUT2D eigenvalue weighted by Gasteiger charge is 2.58. The first-order valence-electron chi connectivity index (χ1n) is 8.54. The molecule has 130 valence electrons. The number of hydrogen-bond donors (Lipinski definition) is 0. The average Bonchev–Trinajstić information content (AvgIpc) is 3.14. The van der Waals surface area contributed by atoms with Crippen molar-refractivity contribution in [2.45, 2.75) is 25.0 Å². The van der Waals surface area contributed by atoms with Crippen molar-refractivity contribution in [1.82, 2.24) is 9.80 Å². The summed E-state index contributed by atoms with van der Waals surface area (Å²) in [4.78, 5) is 40.9. The average molecular weight is 346 g/mol. The molecule has 26 heavy (non-hydrogen) atoms. The molecule has 0 radical (unpaired) electrons. The van der Waals surface area contributed by atoms with Crippen LogP contribution in [0.25, 0.3) is 0 Å². The summed E-state index contributed by atoms with van der Waals surface area (Å²) < 4.78 is 0. The summed E-state index contributed by atoms with van der Waals surface area (Å²) in [6, 6.07) is 18.5. The van der Waals surface area contributed by atoms with Crippen LogP contribution in [0.15, 0.2) is 72.8 Å². The molecule has 0 saturated carbocycles. The molecule has 5 nitrogen and oxygen atoms in total. The van der Waals surface area contributed by atoms with Crippen molar-refractivity contribution < 1.29 is 14.4 Å². The third-order valence-corrected chi connectivity index (χ3v) is 4.91. The molecule has 1 aliphatic heterocycles. The molecule has 4 rings (SSSR count). The summed E-state index contributed by atoms with van der Waals surface area (Å²) in [7, 11) is 0. The lowest BCUT2D eigenvalue weighted by atomic mass is 9.96. The minimum Gasteiger partial charge on any atom is -0.301 e. The lowest BCUT2D eigenvalue weighted by Crippen LogP contribution is -2.46. The quantitative estimate of drug-likeness (QED) is 0.800. The molecule has 1 aliphatic carbocycles. The molecule has 1 fully saturated rings. The van der Waals surface area contributed by atoms with Gasteiger partial charge in [-0.1, -0.05) is 60.7 Å². The summed E-state index contributed by atoms with van der Waals surface area (Å²) in [6.07, 6.45) is 3.01. The highest BCUT2D eigenvalue weighted by molar-refractivity contribution is 6.13. The van der Waals surface area contributed by atoms with Crippen LogP contribution in [0.5, 0.6) is 0 Å². The normalized spacial score (nSPS) is 22.1. The number of amides is 3. The van der Waals surface area contributed by atoms with Gasteiger partial charge in [0.1, 0.15) is 0 Å². The van der Waals surface area contributed by atoms with E-state index in [9.17, 15) is 14.4 Å². The predicted molar refractivity (Wildman–Crippen MR) is 95.9 cm³/mol. The summed E-state index contributed by atoms with van der Waals surface area (Å²) in [6.45, 7) is 0.488. The van der Waals surface area contributed by atoms with Gasteiger partial charge in [0.15, 0.2) is 11.3 Å². The van der Waals surface area contributed by atoms with E-state index in [1.165, 1.54) is 15.9 Å². The van der Waals surface area contributed by atoms with Gasteiger partial charge in [0, 0.05) is 13.0 Å². The van der Waals surface area contributed by atoms with Crippen molar-refractivity contribution in [2.75, 3.05) is 0 Å². The maximum atomic E-state index is 13.2. The third kappa shape index (κ3) is 2.62. The van der Waals surface area contributed by atoms with E-state index in [1.807, 2.05) is 60.7 Å². The molecule has 2 aromatic carbocycles. The molecule has 0 aromatic heterocycles. The fourth-order valence-electron chi connectivity index (χ4n) is 3.58. The molecule has 0 N–H and O–H groups in total. The smallest absolute Gasteiger partial charge is 0.301 e. The zero-order valence-corrected chi connectivity index (χ0v) is 14.2. The summed E-state index contributed by atoms with van der Waals surface area (Å²) >= 11 is 0. The van der Waals surface area contributed by atoms with Gasteiger partial charge in [-0.25, -0.2) is 4.79 Å². The van der Waals surface area contributed by atoms with Crippen molar-refractivity contribution in [3.05, 3.63) is 83.9 Å². The van der Waals surface area contributed by atoms with Gasteiger partial charge in [0.25, 0.3) is 5.91 Å². The molecule has 3 amide bonds. The van der Waals surface area contributed by atoms with Crippen LogP contribution < -0.4 is 0 Å². The van der Waals surface area contributed by atoms with E-state index in [0.29, 0.717) is 0 Å². The van der Waals surface area contributed by atoms with Gasteiger partial charge < -0.3 is 4.90 Å². The van der Waals surface area contributed by atoms with Crippen LogP contribution in [-0.2, 0) is 22.7 Å². The Hall–Kier alpha value is -3.21. The van der Waals surface area contributed by atoms with E-state index in [4.69, 9.17) is 0 Å². The van der Waals surface area contributed by atoms with Crippen LogP contribution >= 0.6 is 0 Å². The topological polar surface area (TPSA) is 57.7 Å². The van der Waals surface area contributed by atoms with Crippen molar-refractivity contribution in [2.24, 2.45) is 0 Å². The fraction of sp³-hybridized carbons (Fsp3) is 0.190. The van der Waals surface area contributed by atoms with Gasteiger partial charge in [-0.3, -0.25) is 14.5 Å².